The summed E-state index contributed by atoms with van der Waals surface area (Å²) in [5, 5.41) is 1.65. The first kappa shape index (κ1) is 11.0. The molecule has 0 bridgehead atoms. The van der Waals surface area contributed by atoms with E-state index in [0.29, 0.717) is 0 Å². The molecule has 3 unspecified atom stereocenters. The van der Waals surface area contributed by atoms with E-state index >= 15 is 0 Å². The minimum Gasteiger partial charge on any atom is -0.0944 e. The molecule has 0 radical (unpaired) electrons. The van der Waals surface area contributed by atoms with Gasteiger partial charge in [0.25, 0.3) is 0 Å². The highest BCUT2D eigenvalue weighted by atomic mass is 32.4. The summed E-state index contributed by atoms with van der Waals surface area (Å²) in [7, 11) is 2.73. The molecule has 1 aliphatic heterocycles. The number of hydrogen-bond acceptors (Lipinski definition) is 0. The van der Waals surface area contributed by atoms with Gasteiger partial charge >= 0.3 is 0 Å². The Bertz CT molecular complexity index is 252. The maximum Gasteiger partial charge on any atom is -0.0196 e. The molecule has 0 aliphatic carbocycles. The van der Waals surface area contributed by atoms with Crippen molar-refractivity contribution in [2.75, 3.05) is 12.3 Å². The Morgan fingerprint density at radius 2 is 1.86 bits per heavy atom. The lowest BCUT2D eigenvalue weighted by Crippen LogP contribution is -2.00. The fraction of sp³-hybridized carbons (Fsp3) is 0.455. The van der Waals surface area contributed by atoms with Gasteiger partial charge in [0, 0.05) is 0 Å². The summed E-state index contributed by atoms with van der Waals surface area (Å²) < 4.78 is 0. The van der Waals surface area contributed by atoms with Crippen molar-refractivity contribution in [1.29, 1.82) is 0 Å². The topological polar surface area (TPSA) is 0 Å². The molecule has 76 valence electrons. The molecule has 0 N–H and O–H groups in total. The van der Waals surface area contributed by atoms with Gasteiger partial charge in [-0.2, -0.15) is 0 Å². The third kappa shape index (κ3) is 3.27. The zero-order chi connectivity index (χ0) is 9.64. The molecular formula is C11H17P3. The Kier molecular flexibility index (Phi) is 4.85. The first-order chi connectivity index (χ1) is 6.97. The molecule has 2 rings (SSSR count). The van der Waals surface area contributed by atoms with E-state index in [9.17, 15) is 0 Å². The standard InChI is InChI=1S/C11H17P3/c1-3-7-11(8-4-1)14-10-6-2-5-9-12-13-14/h1,3-4,7-8,12-13H,2,5-6,9-10H2. The second kappa shape index (κ2) is 6.17. The molecule has 1 aromatic carbocycles. The Hall–Kier alpha value is 0.510. The van der Waals surface area contributed by atoms with E-state index in [1.807, 2.05) is 0 Å². The second-order valence-corrected chi connectivity index (χ2v) is 11.8. The third-order valence-electron chi connectivity index (χ3n) is 2.47. The van der Waals surface area contributed by atoms with Gasteiger partial charge < -0.3 is 0 Å². The summed E-state index contributed by atoms with van der Waals surface area (Å²) >= 11 is 0. The highest BCUT2D eigenvalue weighted by Crippen LogP contribution is 2.65. The normalized spacial score (nSPS) is 27.3. The van der Waals surface area contributed by atoms with Gasteiger partial charge in [-0.05, 0) is 38.1 Å². The molecule has 0 spiro atoms. The van der Waals surface area contributed by atoms with Crippen LogP contribution in [0.2, 0.25) is 0 Å². The Morgan fingerprint density at radius 1 is 1.00 bits per heavy atom. The van der Waals surface area contributed by atoms with Crippen molar-refractivity contribution in [1.82, 2.24) is 0 Å². The fourth-order valence-electron chi connectivity index (χ4n) is 1.67. The number of benzene rings is 1. The van der Waals surface area contributed by atoms with Crippen LogP contribution >= 0.6 is 23.8 Å². The van der Waals surface area contributed by atoms with E-state index in [1.165, 1.54) is 47.8 Å². The molecule has 3 heteroatoms. The molecule has 0 aromatic heterocycles. The summed E-state index contributed by atoms with van der Waals surface area (Å²) in [5.41, 5.74) is 0. The number of rotatable bonds is 1. The molecule has 1 aromatic rings. The molecule has 1 heterocycles. The van der Waals surface area contributed by atoms with Crippen LogP contribution in [0.5, 0.6) is 0 Å². The lowest BCUT2D eigenvalue weighted by molar-refractivity contribution is 0.783. The lowest BCUT2D eigenvalue weighted by atomic mass is 10.3. The number of hydrogen-bond donors (Lipinski definition) is 0. The summed E-state index contributed by atoms with van der Waals surface area (Å²) in [5.74, 6) is 0. The molecule has 1 saturated heterocycles. The predicted octanol–water partition coefficient (Wildman–Crippen LogP) is 4.16. The van der Waals surface area contributed by atoms with Crippen molar-refractivity contribution in [2.24, 2.45) is 0 Å². The third-order valence-corrected chi connectivity index (χ3v) is 12.5. The molecular weight excluding hydrogens is 225 g/mol. The molecule has 0 amide bonds. The summed E-state index contributed by atoms with van der Waals surface area (Å²) in [4.78, 5) is 0. The van der Waals surface area contributed by atoms with Crippen LogP contribution in [0.25, 0.3) is 0 Å². The molecule has 0 nitrogen and oxygen atoms in total. The van der Waals surface area contributed by atoms with Crippen LogP contribution in [0.4, 0.5) is 0 Å². The molecule has 1 fully saturated rings. The minimum absolute atomic E-state index is 0.230. The van der Waals surface area contributed by atoms with E-state index in [0.717, 1.165) is 0 Å². The fourth-order valence-corrected chi connectivity index (χ4v) is 11.9. The van der Waals surface area contributed by atoms with Crippen LogP contribution in [0.3, 0.4) is 0 Å². The molecule has 3 atom stereocenters. The average molecular weight is 242 g/mol. The maximum atomic E-state index is 2.34. The van der Waals surface area contributed by atoms with Crippen LogP contribution in [0, 0.1) is 0 Å². The summed E-state index contributed by atoms with van der Waals surface area (Å²) in [6.07, 6.45) is 7.43. The SMILES string of the molecule is c1ccc(P2CCCCCPP2)cc1. The second-order valence-electron chi connectivity index (χ2n) is 3.59. The highest BCUT2D eigenvalue weighted by Gasteiger charge is 2.11. The van der Waals surface area contributed by atoms with Gasteiger partial charge in [-0.25, -0.2) is 0 Å². The van der Waals surface area contributed by atoms with E-state index in [2.05, 4.69) is 30.3 Å². The van der Waals surface area contributed by atoms with Crippen molar-refractivity contribution in [3.8, 4) is 0 Å². The molecule has 0 saturated carbocycles. The average Bonchev–Trinajstić information content (AvgIpc) is 2.18. The van der Waals surface area contributed by atoms with Crippen LogP contribution in [-0.2, 0) is 0 Å². The predicted molar refractivity (Wildman–Crippen MR) is 73.2 cm³/mol. The zero-order valence-corrected chi connectivity index (χ0v) is 11.3. The van der Waals surface area contributed by atoms with Crippen molar-refractivity contribution in [2.45, 2.75) is 19.3 Å². The Balaban J connectivity index is 2.01. The van der Waals surface area contributed by atoms with Crippen molar-refractivity contribution >= 4 is 29.1 Å². The van der Waals surface area contributed by atoms with Crippen LogP contribution in [-0.4, -0.2) is 12.3 Å². The van der Waals surface area contributed by atoms with Gasteiger partial charge in [-0.3, -0.25) is 0 Å². The largest absolute Gasteiger partial charge is 0.0944 e. The Morgan fingerprint density at radius 3 is 2.71 bits per heavy atom. The van der Waals surface area contributed by atoms with Gasteiger partial charge in [-0.15, -0.1) is 0 Å². The quantitative estimate of drug-likeness (QED) is 0.648. The Labute approximate surface area is 91.4 Å². The van der Waals surface area contributed by atoms with Gasteiger partial charge in [0.15, 0.2) is 0 Å². The summed E-state index contributed by atoms with van der Waals surface area (Å²) in [6.45, 7) is 0. The van der Waals surface area contributed by atoms with Gasteiger partial charge in [0.05, 0.1) is 0 Å². The van der Waals surface area contributed by atoms with Crippen molar-refractivity contribution < 1.29 is 0 Å². The first-order valence-corrected chi connectivity index (χ1v) is 10.9. The van der Waals surface area contributed by atoms with Crippen LogP contribution < -0.4 is 5.30 Å². The lowest BCUT2D eigenvalue weighted by Gasteiger charge is -2.20. The molecule has 1 aliphatic rings. The first-order valence-electron chi connectivity index (χ1n) is 5.28. The van der Waals surface area contributed by atoms with E-state index in [-0.39, 0.29) is 7.61 Å². The van der Waals surface area contributed by atoms with E-state index in [1.54, 1.807) is 5.30 Å². The van der Waals surface area contributed by atoms with Crippen molar-refractivity contribution in [3.05, 3.63) is 30.3 Å². The maximum absolute atomic E-state index is 2.34. The highest BCUT2D eigenvalue weighted by molar-refractivity contribution is 8.50. The van der Waals surface area contributed by atoms with Crippen molar-refractivity contribution in [3.63, 3.8) is 0 Å². The van der Waals surface area contributed by atoms with Gasteiger partial charge in [0.2, 0.25) is 0 Å². The van der Waals surface area contributed by atoms with Gasteiger partial charge in [-0.1, -0.05) is 53.0 Å². The smallest absolute Gasteiger partial charge is 0.0196 e. The summed E-state index contributed by atoms with van der Waals surface area (Å²) in [6, 6.07) is 11.2. The monoisotopic (exact) mass is 242 g/mol. The zero-order valence-electron chi connectivity index (χ0n) is 8.37. The van der Waals surface area contributed by atoms with E-state index in [4.69, 9.17) is 0 Å². The minimum atomic E-state index is 0.230. The van der Waals surface area contributed by atoms with Crippen LogP contribution in [0.1, 0.15) is 19.3 Å². The van der Waals surface area contributed by atoms with Gasteiger partial charge in [0.1, 0.15) is 0 Å². The van der Waals surface area contributed by atoms with E-state index < -0.39 is 0 Å². The van der Waals surface area contributed by atoms with Crippen LogP contribution in [0.15, 0.2) is 30.3 Å². The molecule has 14 heavy (non-hydrogen) atoms.